The molecule has 0 aliphatic carbocycles. The average Bonchev–Trinajstić information content (AvgIpc) is 2.34. The van der Waals surface area contributed by atoms with Crippen LogP contribution in [-0.2, 0) is 0 Å². The van der Waals surface area contributed by atoms with Gasteiger partial charge in [-0.3, -0.25) is 0 Å². The van der Waals surface area contributed by atoms with Crippen molar-refractivity contribution in [3.63, 3.8) is 0 Å². The first kappa shape index (κ1) is 12.8. The first-order chi connectivity index (χ1) is 8.19. The van der Waals surface area contributed by atoms with Gasteiger partial charge in [0.05, 0.1) is 7.11 Å². The quantitative estimate of drug-likeness (QED) is 0.759. The van der Waals surface area contributed by atoms with Crippen molar-refractivity contribution in [1.82, 2.24) is 0 Å². The van der Waals surface area contributed by atoms with Crippen LogP contribution in [0.15, 0.2) is 56.7 Å². The van der Waals surface area contributed by atoms with Gasteiger partial charge in [-0.05, 0) is 58.4 Å². The highest BCUT2D eigenvalue weighted by Gasteiger charge is 2.03. The molecular formula is C13H10BrClOS. The molecule has 2 aromatic rings. The molecule has 0 saturated heterocycles. The molecule has 0 unspecified atom stereocenters. The summed E-state index contributed by atoms with van der Waals surface area (Å²) in [6, 6.07) is 13.8. The predicted molar refractivity (Wildman–Crippen MR) is 76.3 cm³/mol. The number of benzene rings is 2. The summed E-state index contributed by atoms with van der Waals surface area (Å²) in [5.74, 6) is 0.865. The fraction of sp³-hybridized carbons (Fsp3) is 0.0769. The molecule has 17 heavy (non-hydrogen) atoms. The molecule has 0 bridgehead atoms. The summed E-state index contributed by atoms with van der Waals surface area (Å²) >= 11 is 11.1. The molecule has 2 rings (SSSR count). The molecule has 0 aliphatic rings. The summed E-state index contributed by atoms with van der Waals surface area (Å²) in [7, 11) is 1.66. The Bertz CT molecular complexity index is 513. The predicted octanol–water partition coefficient (Wildman–Crippen LogP) is 5.26. The zero-order valence-electron chi connectivity index (χ0n) is 9.11. The molecule has 0 atom stereocenters. The van der Waals surface area contributed by atoms with Crippen LogP contribution in [0, 0.1) is 0 Å². The van der Waals surface area contributed by atoms with Gasteiger partial charge in [0, 0.05) is 19.3 Å². The van der Waals surface area contributed by atoms with Gasteiger partial charge < -0.3 is 4.74 Å². The van der Waals surface area contributed by atoms with Gasteiger partial charge in [0.15, 0.2) is 0 Å². The van der Waals surface area contributed by atoms with E-state index in [1.54, 1.807) is 18.9 Å². The number of rotatable bonds is 3. The van der Waals surface area contributed by atoms with Crippen LogP contribution in [0.3, 0.4) is 0 Å². The third-order valence-corrected chi connectivity index (χ3v) is 4.42. The molecule has 2 aromatic carbocycles. The SMILES string of the molecule is COc1ccc(Sc2ccc(Cl)cc2Br)cc1. The molecule has 4 heteroatoms. The Morgan fingerprint density at radius 2 is 1.82 bits per heavy atom. The Hall–Kier alpha value is -0.640. The molecule has 0 fully saturated rings. The molecule has 0 spiro atoms. The highest BCUT2D eigenvalue weighted by molar-refractivity contribution is 9.10. The minimum Gasteiger partial charge on any atom is -0.497 e. The van der Waals surface area contributed by atoms with Gasteiger partial charge in [-0.15, -0.1) is 0 Å². The number of methoxy groups -OCH3 is 1. The van der Waals surface area contributed by atoms with Gasteiger partial charge in [0.25, 0.3) is 0 Å². The van der Waals surface area contributed by atoms with Crippen molar-refractivity contribution >= 4 is 39.3 Å². The number of ether oxygens (including phenoxy) is 1. The number of hydrogen-bond acceptors (Lipinski definition) is 2. The van der Waals surface area contributed by atoms with E-state index in [-0.39, 0.29) is 0 Å². The van der Waals surface area contributed by atoms with Crippen LogP contribution in [0.2, 0.25) is 5.02 Å². The average molecular weight is 330 g/mol. The van der Waals surface area contributed by atoms with E-state index in [4.69, 9.17) is 16.3 Å². The monoisotopic (exact) mass is 328 g/mol. The topological polar surface area (TPSA) is 9.23 Å². The third kappa shape index (κ3) is 3.41. The Morgan fingerprint density at radius 1 is 1.12 bits per heavy atom. The molecule has 1 nitrogen and oxygen atoms in total. The largest absolute Gasteiger partial charge is 0.497 e. The van der Waals surface area contributed by atoms with Crippen LogP contribution in [0.25, 0.3) is 0 Å². The minimum atomic E-state index is 0.732. The maximum Gasteiger partial charge on any atom is 0.118 e. The van der Waals surface area contributed by atoms with Gasteiger partial charge in [0.1, 0.15) is 5.75 Å². The molecule has 0 radical (unpaired) electrons. The van der Waals surface area contributed by atoms with Crippen LogP contribution >= 0.6 is 39.3 Å². The van der Waals surface area contributed by atoms with E-state index in [0.717, 1.165) is 25.0 Å². The normalized spacial score (nSPS) is 10.3. The van der Waals surface area contributed by atoms with Crippen LogP contribution in [0.1, 0.15) is 0 Å². The van der Waals surface area contributed by atoms with E-state index in [9.17, 15) is 0 Å². The van der Waals surface area contributed by atoms with Crippen molar-refractivity contribution in [2.24, 2.45) is 0 Å². The highest BCUT2D eigenvalue weighted by Crippen LogP contribution is 2.35. The van der Waals surface area contributed by atoms with E-state index < -0.39 is 0 Å². The Labute approximate surface area is 118 Å². The molecule has 88 valence electrons. The summed E-state index contributed by atoms with van der Waals surface area (Å²) in [6.45, 7) is 0. The van der Waals surface area contributed by atoms with E-state index >= 15 is 0 Å². The lowest BCUT2D eigenvalue weighted by Gasteiger charge is -2.05. The van der Waals surface area contributed by atoms with Gasteiger partial charge in [0.2, 0.25) is 0 Å². The number of halogens is 2. The van der Waals surface area contributed by atoms with Crippen molar-refractivity contribution in [2.45, 2.75) is 9.79 Å². The Balaban J connectivity index is 2.19. The standard InChI is InChI=1S/C13H10BrClOS/c1-16-10-3-5-11(6-4-10)17-13-7-2-9(15)8-12(13)14/h2-8H,1H3. The van der Waals surface area contributed by atoms with Gasteiger partial charge in [-0.2, -0.15) is 0 Å². The van der Waals surface area contributed by atoms with Crippen LogP contribution in [0.5, 0.6) is 5.75 Å². The first-order valence-electron chi connectivity index (χ1n) is 4.96. The van der Waals surface area contributed by atoms with Crippen molar-refractivity contribution in [2.75, 3.05) is 7.11 Å². The molecule has 0 heterocycles. The zero-order chi connectivity index (χ0) is 12.3. The van der Waals surface area contributed by atoms with Crippen LogP contribution in [-0.4, -0.2) is 7.11 Å². The molecular weight excluding hydrogens is 320 g/mol. The lowest BCUT2D eigenvalue weighted by Crippen LogP contribution is -1.81. The summed E-state index contributed by atoms with van der Waals surface area (Å²) in [6.07, 6.45) is 0. The summed E-state index contributed by atoms with van der Waals surface area (Å²) in [5.41, 5.74) is 0. The zero-order valence-corrected chi connectivity index (χ0v) is 12.3. The Morgan fingerprint density at radius 3 is 2.41 bits per heavy atom. The van der Waals surface area contributed by atoms with E-state index in [1.807, 2.05) is 42.5 Å². The fourth-order valence-electron chi connectivity index (χ4n) is 1.33. The summed E-state index contributed by atoms with van der Waals surface area (Å²) < 4.78 is 6.13. The minimum absolute atomic E-state index is 0.732. The van der Waals surface area contributed by atoms with Crippen LogP contribution < -0.4 is 4.74 Å². The Kier molecular flexibility index (Phi) is 4.37. The van der Waals surface area contributed by atoms with Crippen molar-refractivity contribution in [3.05, 3.63) is 52.0 Å². The smallest absolute Gasteiger partial charge is 0.118 e. The van der Waals surface area contributed by atoms with E-state index in [1.165, 1.54) is 0 Å². The van der Waals surface area contributed by atoms with Crippen molar-refractivity contribution in [1.29, 1.82) is 0 Å². The van der Waals surface area contributed by atoms with Gasteiger partial charge in [-0.25, -0.2) is 0 Å². The lowest BCUT2D eigenvalue weighted by molar-refractivity contribution is 0.414. The van der Waals surface area contributed by atoms with Crippen molar-refractivity contribution in [3.8, 4) is 5.75 Å². The molecule has 0 amide bonds. The molecule has 0 aliphatic heterocycles. The summed E-state index contributed by atoms with van der Waals surface area (Å²) in [5, 5.41) is 0.732. The van der Waals surface area contributed by atoms with Crippen molar-refractivity contribution < 1.29 is 4.74 Å². The molecule has 0 N–H and O–H groups in total. The molecule has 0 aromatic heterocycles. The summed E-state index contributed by atoms with van der Waals surface area (Å²) in [4.78, 5) is 2.30. The fourth-order valence-corrected chi connectivity index (χ4v) is 3.07. The second kappa shape index (κ2) is 5.80. The van der Waals surface area contributed by atoms with Crippen LogP contribution in [0.4, 0.5) is 0 Å². The first-order valence-corrected chi connectivity index (χ1v) is 6.95. The number of hydrogen-bond donors (Lipinski definition) is 0. The van der Waals surface area contributed by atoms with E-state index in [0.29, 0.717) is 0 Å². The maximum absolute atomic E-state index is 5.90. The van der Waals surface area contributed by atoms with Gasteiger partial charge in [-0.1, -0.05) is 23.4 Å². The molecule has 0 saturated carbocycles. The lowest BCUT2D eigenvalue weighted by atomic mass is 10.3. The third-order valence-electron chi connectivity index (χ3n) is 2.18. The van der Waals surface area contributed by atoms with Gasteiger partial charge >= 0.3 is 0 Å². The van der Waals surface area contributed by atoms with E-state index in [2.05, 4.69) is 15.9 Å². The second-order valence-electron chi connectivity index (χ2n) is 3.35. The highest BCUT2D eigenvalue weighted by atomic mass is 79.9. The maximum atomic E-state index is 5.90. The second-order valence-corrected chi connectivity index (χ2v) is 5.76.